The molecular weight excluding hydrogens is 540 g/mol. The molecule has 1 N–H and O–H groups in total. The molecule has 0 atom stereocenters. The standard InChI is InChI=1S/C33H35F6NO/c34-32(35,36)27-19-28(33(37,38)39)21-29(20-27)40-22-26-17-25(23-13-11-8-12-14-23)18-30(31(26)41)24-15-9-6-4-2-1-3-5-7-10-16-24/h8,11-14,17-22,24,41H,1-7,9-10,15-16H2. The van der Waals surface area contributed by atoms with E-state index >= 15 is 0 Å². The third kappa shape index (κ3) is 8.60. The van der Waals surface area contributed by atoms with E-state index in [1.54, 1.807) is 6.07 Å². The van der Waals surface area contributed by atoms with Crippen LogP contribution in [0.5, 0.6) is 5.75 Å². The van der Waals surface area contributed by atoms with Crippen molar-refractivity contribution in [1.29, 1.82) is 0 Å². The van der Waals surface area contributed by atoms with E-state index in [1.165, 1.54) is 32.1 Å². The van der Waals surface area contributed by atoms with E-state index in [4.69, 9.17) is 0 Å². The number of nitrogens with zero attached hydrogens (tertiary/aromatic N) is 1. The third-order valence-corrected chi connectivity index (χ3v) is 7.75. The zero-order chi connectivity index (χ0) is 29.5. The van der Waals surface area contributed by atoms with Crippen LogP contribution in [0.1, 0.15) is 98.8 Å². The number of phenolic OH excluding ortho intramolecular Hbond substituents is 1. The fourth-order valence-electron chi connectivity index (χ4n) is 5.52. The van der Waals surface area contributed by atoms with E-state index in [-0.39, 0.29) is 23.3 Å². The third-order valence-electron chi connectivity index (χ3n) is 7.75. The Balaban J connectivity index is 1.76. The molecule has 220 valence electrons. The molecule has 3 aromatic rings. The number of alkyl halides is 6. The van der Waals surface area contributed by atoms with Crippen LogP contribution in [0, 0.1) is 0 Å². The van der Waals surface area contributed by atoms with Gasteiger partial charge in [0.15, 0.2) is 0 Å². The number of benzene rings is 3. The summed E-state index contributed by atoms with van der Waals surface area (Å²) in [5.74, 6) is 0.0455. The van der Waals surface area contributed by atoms with Gasteiger partial charge in [-0.2, -0.15) is 26.3 Å². The topological polar surface area (TPSA) is 32.6 Å². The van der Waals surface area contributed by atoms with Crippen molar-refractivity contribution in [2.24, 2.45) is 4.99 Å². The van der Waals surface area contributed by atoms with E-state index < -0.39 is 29.2 Å². The molecule has 0 aliphatic heterocycles. The minimum atomic E-state index is -4.97. The van der Waals surface area contributed by atoms with Crippen molar-refractivity contribution in [2.75, 3.05) is 0 Å². The fourth-order valence-corrected chi connectivity index (χ4v) is 5.52. The quantitative estimate of drug-likeness (QED) is 0.244. The molecular formula is C33H35F6NO. The lowest BCUT2D eigenvalue weighted by molar-refractivity contribution is -0.143. The van der Waals surface area contributed by atoms with Crippen molar-refractivity contribution in [3.8, 4) is 16.9 Å². The number of halogens is 6. The Bertz CT molecular complexity index is 1270. The van der Waals surface area contributed by atoms with Gasteiger partial charge < -0.3 is 5.11 Å². The zero-order valence-electron chi connectivity index (χ0n) is 22.9. The molecule has 0 aromatic heterocycles. The minimum Gasteiger partial charge on any atom is -0.507 e. The van der Waals surface area contributed by atoms with Gasteiger partial charge in [-0.15, -0.1) is 0 Å². The number of aromatic hydroxyl groups is 1. The van der Waals surface area contributed by atoms with Crippen LogP contribution >= 0.6 is 0 Å². The summed E-state index contributed by atoms with van der Waals surface area (Å²) in [6, 6.07) is 14.4. The van der Waals surface area contributed by atoms with E-state index in [1.807, 2.05) is 36.4 Å². The lowest BCUT2D eigenvalue weighted by atomic mass is 9.84. The maximum Gasteiger partial charge on any atom is 0.416 e. The van der Waals surface area contributed by atoms with Crippen molar-refractivity contribution in [1.82, 2.24) is 0 Å². The van der Waals surface area contributed by atoms with Crippen LogP contribution in [0.4, 0.5) is 32.0 Å². The van der Waals surface area contributed by atoms with Crippen LogP contribution in [0.2, 0.25) is 0 Å². The van der Waals surface area contributed by atoms with Gasteiger partial charge in [-0.1, -0.05) is 88.1 Å². The van der Waals surface area contributed by atoms with Crippen molar-refractivity contribution in [2.45, 2.75) is 88.9 Å². The fraction of sp³-hybridized carbons (Fsp3) is 0.424. The summed E-state index contributed by atoms with van der Waals surface area (Å²) < 4.78 is 80.2. The van der Waals surface area contributed by atoms with E-state index in [0.717, 1.165) is 61.4 Å². The lowest BCUT2D eigenvalue weighted by Gasteiger charge is -2.22. The maximum atomic E-state index is 13.4. The summed E-state index contributed by atoms with van der Waals surface area (Å²) in [4.78, 5) is 4.01. The first-order valence-corrected chi connectivity index (χ1v) is 14.3. The Labute approximate surface area is 237 Å². The molecule has 3 aromatic carbocycles. The number of aliphatic imine (C=N–C) groups is 1. The second kappa shape index (κ2) is 13.6. The highest BCUT2D eigenvalue weighted by molar-refractivity contribution is 5.89. The number of rotatable bonds is 4. The molecule has 4 rings (SSSR count). The normalized spacial score (nSPS) is 16.8. The predicted octanol–water partition coefficient (Wildman–Crippen LogP) is 11.2. The largest absolute Gasteiger partial charge is 0.507 e. The van der Waals surface area contributed by atoms with Gasteiger partial charge in [0.2, 0.25) is 0 Å². The highest BCUT2D eigenvalue weighted by Crippen LogP contribution is 2.41. The van der Waals surface area contributed by atoms with Crippen LogP contribution in [0.25, 0.3) is 11.1 Å². The number of hydrogen-bond acceptors (Lipinski definition) is 2. The Morgan fingerprint density at radius 1 is 0.634 bits per heavy atom. The molecule has 41 heavy (non-hydrogen) atoms. The van der Waals surface area contributed by atoms with Crippen molar-refractivity contribution in [3.63, 3.8) is 0 Å². The molecule has 1 fully saturated rings. The summed E-state index contributed by atoms with van der Waals surface area (Å²) in [5.41, 5.74) is -0.695. The first kappa shape index (κ1) is 30.7. The minimum absolute atomic E-state index is 0.0338. The molecule has 1 saturated carbocycles. The van der Waals surface area contributed by atoms with Crippen molar-refractivity contribution >= 4 is 11.9 Å². The second-order valence-corrected chi connectivity index (χ2v) is 10.8. The van der Waals surface area contributed by atoms with Crippen LogP contribution in [-0.4, -0.2) is 11.3 Å². The van der Waals surface area contributed by atoms with Crippen molar-refractivity contribution in [3.05, 3.63) is 82.9 Å². The molecule has 1 aliphatic rings. The van der Waals surface area contributed by atoms with Crippen LogP contribution in [-0.2, 0) is 12.4 Å². The van der Waals surface area contributed by atoms with Crippen LogP contribution in [0.15, 0.2) is 65.7 Å². The van der Waals surface area contributed by atoms with Gasteiger partial charge in [0.1, 0.15) is 5.75 Å². The lowest BCUT2D eigenvalue weighted by Crippen LogP contribution is -2.10. The summed E-state index contributed by atoms with van der Waals surface area (Å²) >= 11 is 0. The van der Waals surface area contributed by atoms with Crippen LogP contribution < -0.4 is 0 Å². The highest BCUT2D eigenvalue weighted by Gasteiger charge is 2.37. The SMILES string of the molecule is Oc1c(C=Nc2cc(C(F)(F)F)cc(C(F)(F)F)c2)cc(-c2ccccc2)cc1C1CCCCCCCCCCC1. The molecule has 0 amide bonds. The summed E-state index contributed by atoms with van der Waals surface area (Å²) in [6.07, 6.45) is 3.35. The van der Waals surface area contributed by atoms with Gasteiger partial charge in [0.25, 0.3) is 0 Å². The van der Waals surface area contributed by atoms with E-state index in [9.17, 15) is 31.4 Å². The Morgan fingerprint density at radius 2 is 1.15 bits per heavy atom. The van der Waals surface area contributed by atoms with Crippen molar-refractivity contribution < 1.29 is 31.4 Å². The maximum absolute atomic E-state index is 13.4. The molecule has 2 nitrogen and oxygen atoms in total. The van der Waals surface area contributed by atoms with E-state index in [2.05, 4.69) is 4.99 Å². The van der Waals surface area contributed by atoms with Gasteiger partial charge in [-0.05, 0) is 65.8 Å². The van der Waals surface area contributed by atoms with Gasteiger partial charge in [-0.3, -0.25) is 4.99 Å². The Hall–Kier alpha value is -3.29. The van der Waals surface area contributed by atoms with Gasteiger partial charge in [0, 0.05) is 11.8 Å². The molecule has 0 saturated heterocycles. The smallest absolute Gasteiger partial charge is 0.416 e. The molecule has 1 aliphatic carbocycles. The monoisotopic (exact) mass is 575 g/mol. The van der Waals surface area contributed by atoms with E-state index in [0.29, 0.717) is 12.1 Å². The average molecular weight is 576 g/mol. The molecule has 0 bridgehead atoms. The Morgan fingerprint density at radius 3 is 1.66 bits per heavy atom. The first-order chi connectivity index (χ1) is 19.5. The molecule has 0 radical (unpaired) electrons. The second-order valence-electron chi connectivity index (χ2n) is 10.8. The summed E-state index contributed by atoms with van der Waals surface area (Å²) in [7, 11) is 0. The summed E-state index contributed by atoms with van der Waals surface area (Å²) in [5, 5.41) is 11.4. The predicted molar refractivity (Wildman–Crippen MR) is 151 cm³/mol. The molecule has 0 unspecified atom stereocenters. The number of phenols is 1. The van der Waals surface area contributed by atoms with Gasteiger partial charge in [-0.25, -0.2) is 0 Å². The molecule has 0 spiro atoms. The van der Waals surface area contributed by atoms with Gasteiger partial charge >= 0.3 is 12.4 Å². The average Bonchev–Trinajstić information content (AvgIpc) is 2.92. The highest BCUT2D eigenvalue weighted by atomic mass is 19.4. The van der Waals surface area contributed by atoms with Gasteiger partial charge in [0.05, 0.1) is 16.8 Å². The zero-order valence-corrected chi connectivity index (χ0v) is 22.9. The number of hydrogen-bond donors (Lipinski definition) is 1. The Kier molecular flexibility index (Phi) is 10.2. The molecule has 0 heterocycles. The first-order valence-electron chi connectivity index (χ1n) is 14.3. The molecule has 8 heteroatoms. The van der Waals surface area contributed by atoms with Crippen LogP contribution in [0.3, 0.4) is 0 Å². The summed E-state index contributed by atoms with van der Waals surface area (Å²) in [6.45, 7) is 0.